The highest BCUT2D eigenvalue weighted by atomic mass is 32.2. The molecule has 6 nitrogen and oxygen atoms in total. The summed E-state index contributed by atoms with van der Waals surface area (Å²) < 4.78 is 18.2. The molecule has 1 aliphatic rings. The lowest BCUT2D eigenvalue weighted by molar-refractivity contribution is -0.136. The summed E-state index contributed by atoms with van der Waals surface area (Å²) in [6, 6.07) is 5.68. The Labute approximate surface area is 147 Å². The molecule has 0 saturated carbocycles. The fourth-order valence-corrected chi connectivity index (χ4v) is 3.27. The Bertz CT molecular complexity index is 922. The number of ether oxygens (including phenoxy) is 1. The molecule has 0 aliphatic carbocycles. The summed E-state index contributed by atoms with van der Waals surface area (Å²) in [5, 5.41) is 3.47. The molecule has 0 fully saturated rings. The first-order valence-electron chi connectivity index (χ1n) is 7.46. The number of hydrogen-bond acceptors (Lipinski definition) is 6. The molecule has 2 aromatic rings. The monoisotopic (exact) mass is 361 g/mol. The van der Waals surface area contributed by atoms with Crippen molar-refractivity contribution in [2.24, 2.45) is 0 Å². The minimum Gasteiger partial charge on any atom is -0.466 e. The first-order valence-corrected chi connectivity index (χ1v) is 8.68. The van der Waals surface area contributed by atoms with E-state index in [-0.39, 0.29) is 5.56 Å². The Kier molecular flexibility index (Phi) is 4.63. The van der Waals surface area contributed by atoms with Gasteiger partial charge in [-0.05, 0) is 30.9 Å². The number of nitrogens with one attached hydrogen (secondary N) is 2. The maximum Gasteiger partial charge on any atom is 0.336 e. The number of benzene rings is 1. The summed E-state index contributed by atoms with van der Waals surface area (Å²) in [5.74, 6) is -1.27. The lowest BCUT2D eigenvalue weighted by Crippen LogP contribution is -2.30. The van der Waals surface area contributed by atoms with Crippen LogP contribution in [0, 0.1) is 5.82 Å². The third-order valence-electron chi connectivity index (χ3n) is 4.02. The molecule has 1 atom stereocenters. The minimum atomic E-state index is -0.698. The highest BCUT2D eigenvalue weighted by molar-refractivity contribution is 7.98. The zero-order chi connectivity index (χ0) is 18.1. The quantitative estimate of drug-likeness (QED) is 0.497. The number of aromatic amines is 1. The van der Waals surface area contributed by atoms with Gasteiger partial charge in [0.25, 0.3) is 5.56 Å². The summed E-state index contributed by atoms with van der Waals surface area (Å²) in [6.07, 6.45) is 1.80. The van der Waals surface area contributed by atoms with Crippen LogP contribution in [0.2, 0.25) is 0 Å². The highest BCUT2D eigenvalue weighted by Gasteiger charge is 2.36. The second kappa shape index (κ2) is 6.72. The van der Waals surface area contributed by atoms with Crippen molar-refractivity contribution in [1.29, 1.82) is 0 Å². The number of halogens is 1. The van der Waals surface area contributed by atoms with Crippen LogP contribution >= 0.6 is 11.8 Å². The topological polar surface area (TPSA) is 84.1 Å². The van der Waals surface area contributed by atoms with Crippen molar-refractivity contribution in [2.45, 2.75) is 18.0 Å². The molecule has 25 heavy (non-hydrogen) atoms. The van der Waals surface area contributed by atoms with Crippen LogP contribution in [0.15, 0.2) is 45.5 Å². The third-order valence-corrected chi connectivity index (χ3v) is 4.60. The standard InChI is InChI=1S/C17H16FN3O3S/c1-8-11(16(23)24-2)12(9-4-6-10(18)7-5-9)13-14(19-8)20-17(25-3)21-15(13)22/h4-7,12H,1-3H3,(H2,19,20,21,22)/t12-/m1/s1. The maximum atomic E-state index is 13.3. The number of anilines is 1. The molecule has 2 heterocycles. The molecule has 2 N–H and O–H groups in total. The van der Waals surface area contributed by atoms with Gasteiger partial charge in [-0.25, -0.2) is 14.2 Å². The number of methoxy groups -OCH3 is 1. The minimum absolute atomic E-state index is 0.297. The molecule has 0 radical (unpaired) electrons. The van der Waals surface area contributed by atoms with E-state index in [9.17, 15) is 14.0 Å². The molecule has 3 rings (SSSR count). The lowest BCUT2D eigenvalue weighted by atomic mass is 9.82. The SMILES string of the molecule is COC(=O)C1=C(C)Nc2nc(SC)[nH]c(=O)c2[C@@H]1c1ccc(F)cc1. The first kappa shape index (κ1) is 17.2. The molecule has 0 unspecified atom stereocenters. The second-order valence-electron chi connectivity index (χ2n) is 5.48. The zero-order valence-electron chi connectivity index (χ0n) is 13.8. The molecule has 0 bridgehead atoms. The zero-order valence-corrected chi connectivity index (χ0v) is 14.7. The number of carbonyl (C=O) groups is 1. The van der Waals surface area contributed by atoms with Gasteiger partial charge in [-0.2, -0.15) is 0 Å². The largest absolute Gasteiger partial charge is 0.466 e. The number of H-pyrrole nitrogens is 1. The van der Waals surface area contributed by atoms with Gasteiger partial charge < -0.3 is 15.0 Å². The summed E-state index contributed by atoms with van der Waals surface area (Å²) in [5.41, 5.74) is 1.39. The smallest absolute Gasteiger partial charge is 0.336 e. The number of aromatic nitrogens is 2. The molecular formula is C17H16FN3O3S. The Morgan fingerprint density at radius 2 is 2.00 bits per heavy atom. The van der Waals surface area contributed by atoms with E-state index in [0.29, 0.717) is 33.4 Å². The van der Waals surface area contributed by atoms with Crippen LogP contribution in [0.4, 0.5) is 10.2 Å². The summed E-state index contributed by atoms with van der Waals surface area (Å²) in [4.78, 5) is 32.1. The van der Waals surface area contributed by atoms with Gasteiger partial charge in [-0.1, -0.05) is 23.9 Å². The molecule has 0 spiro atoms. The van der Waals surface area contributed by atoms with Crippen LogP contribution in [0.1, 0.15) is 24.0 Å². The van der Waals surface area contributed by atoms with E-state index >= 15 is 0 Å². The molecule has 1 aromatic heterocycles. The number of fused-ring (bicyclic) bond motifs is 1. The number of rotatable bonds is 3. The van der Waals surface area contributed by atoms with Crippen LogP contribution in [-0.2, 0) is 9.53 Å². The Balaban J connectivity index is 2.28. The van der Waals surface area contributed by atoms with Gasteiger partial charge in [0, 0.05) is 5.70 Å². The van der Waals surface area contributed by atoms with Gasteiger partial charge in [0.05, 0.1) is 24.2 Å². The van der Waals surface area contributed by atoms with Crippen molar-refractivity contribution in [3.05, 3.63) is 62.8 Å². The van der Waals surface area contributed by atoms with E-state index in [4.69, 9.17) is 4.74 Å². The summed E-state index contributed by atoms with van der Waals surface area (Å²) in [6.45, 7) is 1.72. The van der Waals surface area contributed by atoms with Crippen molar-refractivity contribution >= 4 is 23.5 Å². The van der Waals surface area contributed by atoms with Crippen molar-refractivity contribution in [3.63, 3.8) is 0 Å². The summed E-state index contributed by atoms with van der Waals surface area (Å²) >= 11 is 1.30. The molecule has 130 valence electrons. The van der Waals surface area contributed by atoms with E-state index in [1.54, 1.807) is 25.3 Å². The van der Waals surface area contributed by atoms with Crippen molar-refractivity contribution in [2.75, 3.05) is 18.7 Å². The number of allylic oxidation sites excluding steroid dienone is 1. The van der Waals surface area contributed by atoms with E-state index < -0.39 is 17.7 Å². The van der Waals surface area contributed by atoms with Gasteiger partial charge in [0.2, 0.25) is 0 Å². The Hall–Kier alpha value is -2.61. The maximum absolute atomic E-state index is 13.3. The van der Waals surface area contributed by atoms with E-state index in [1.165, 1.54) is 31.0 Å². The number of thioether (sulfide) groups is 1. The summed E-state index contributed by atoms with van der Waals surface area (Å²) in [7, 11) is 1.28. The fraction of sp³-hybridized carbons (Fsp3) is 0.235. The van der Waals surface area contributed by atoms with Crippen LogP contribution in [0.25, 0.3) is 0 Å². The fourth-order valence-electron chi connectivity index (χ4n) is 2.90. The van der Waals surface area contributed by atoms with Crippen LogP contribution < -0.4 is 10.9 Å². The van der Waals surface area contributed by atoms with Gasteiger partial charge in [-0.15, -0.1) is 0 Å². The predicted octanol–water partition coefficient (Wildman–Crippen LogP) is 2.64. The average Bonchev–Trinajstić information content (AvgIpc) is 2.60. The first-order chi connectivity index (χ1) is 12.0. The van der Waals surface area contributed by atoms with Crippen LogP contribution in [-0.4, -0.2) is 29.3 Å². The van der Waals surface area contributed by atoms with Crippen molar-refractivity contribution in [3.8, 4) is 0 Å². The third kappa shape index (κ3) is 3.05. The number of carbonyl (C=O) groups excluding carboxylic acids is 1. The van der Waals surface area contributed by atoms with E-state index in [2.05, 4.69) is 15.3 Å². The van der Waals surface area contributed by atoms with E-state index in [1.807, 2.05) is 0 Å². The van der Waals surface area contributed by atoms with Crippen LogP contribution in [0.5, 0.6) is 0 Å². The number of esters is 1. The normalized spacial score (nSPS) is 16.2. The highest BCUT2D eigenvalue weighted by Crippen LogP contribution is 2.39. The molecule has 0 saturated heterocycles. The lowest BCUT2D eigenvalue weighted by Gasteiger charge is -2.28. The molecule has 1 aromatic carbocycles. The average molecular weight is 361 g/mol. The Morgan fingerprint density at radius 3 is 2.60 bits per heavy atom. The number of hydrogen-bond donors (Lipinski definition) is 2. The molecule has 1 aliphatic heterocycles. The van der Waals surface area contributed by atoms with Crippen molar-refractivity contribution < 1.29 is 13.9 Å². The van der Waals surface area contributed by atoms with Gasteiger partial charge in [0.15, 0.2) is 5.16 Å². The molecule has 8 heteroatoms. The van der Waals surface area contributed by atoms with Crippen LogP contribution in [0.3, 0.4) is 0 Å². The van der Waals surface area contributed by atoms with E-state index in [0.717, 1.165) is 0 Å². The predicted molar refractivity (Wildman–Crippen MR) is 93.2 cm³/mol. The molecular weight excluding hydrogens is 345 g/mol. The number of nitrogens with zero attached hydrogens (tertiary/aromatic N) is 1. The van der Waals surface area contributed by atoms with Crippen molar-refractivity contribution in [1.82, 2.24) is 9.97 Å². The molecule has 0 amide bonds. The Morgan fingerprint density at radius 1 is 1.32 bits per heavy atom. The second-order valence-corrected chi connectivity index (χ2v) is 6.27. The van der Waals surface area contributed by atoms with Gasteiger partial charge in [0.1, 0.15) is 11.6 Å². The van der Waals surface area contributed by atoms with Gasteiger partial charge >= 0.3 is 5.97 Å². The van der Waals surface area contributed by atoms with Gasteiger partial charge in [-0.3, -0.25) is 4.79 Å².